The van der Waals surface area contributed by atoms with Crippen molar-refractivity contribution in [3.63, 3.8) is 0 Å². The zero-order valence-electron chi connectivity index (χ0n) is 15.4. The number of rotatable bonds is 6. The molecule has 1 heterocycles. The molecule has 2 aromatic rings. The smallest absolute Gasteiger partial charge is 0.138 e. The van der Waals surface area contributed by atoms with Crippen LogP contribution in [0.25, 0.3) is 0 Å². The van der Waals surface area contributed by atoms with Crippen LogP contribution in [0.4, 0.5) is 0 Å². The first-order valence-electron chi connectivity index (χ1n) is 9.03. The molecule has 0 saturated heterocycles. The van der Waals surface area contributed by atoms with Crippen LogP contribution in [-0.2, 0) is 13.1 Å². The van der Waals surface area contributed by atoms with Gasteiger partial charge in [0.15, 0.2) is 0 Å². The molecule has 136 valence electrons. The SMILES string of the molecule is COc1cccc(CN(Cc2c(C)noc2C)C2CCC(O)CC2)c1. The highest BCUT2D eigenvalue weighted by Crippen LogP contribution is 2.28. The van der Waals surface area contributed by atoms with E-state index in [1.54, 1.807) is 7.11 Å². The van der Waals surface area contributed by atoms with Gasteiger partial charge in [-0.25, -0.2) is 0 Å². The van der Waals surface area contributed by atoms with Crippen LogP contribution in [-0.4, -0.2) is 34.4 Å². The standard InChI is InChI=1S/C20H28N2O3/c1-14-20(15(2)25-21-14)13-22(17-7-9-18(23)10-8-17)12-16-5-4-6-19(11-16)24-3/h4-6,11,17-18,23H,7-10,12-13H2,1-3H3. The Balaban J connectivity index is 1.80. The molecule has 0 atom stereocenters. The summed E-state index contributed by atoms with van der Waals surface area (Å²) in [6, 6.07) is 8.70. The van der Waals surface area contributed by atoms with Crippen molar-refractivity contribution < 1.29 is 14.4 Å². The number of hydrogen-bond acceptors (Lipinski definition) is 5. The zero-order valence-corrected chi connectivity index (χ0v) is 15.4. The van der Waals surface area contributed by atoms with Crippen molar-refractivity contribution in [2.75, 3.05) is 7.11 Å². The van der Waals surface area contributed by atoms with Gasteiger partial charge in [-0.15, -0.1) is 0 Å². The van der Waals surface area contributed by atoms with E-state index in [1.807, 2.05) is 26.0 Å². The van der Waals surface area contributed by atoms with Gasteiger partial charge in [0, 0.05) is 24.7 Å². The van der Waals surface area contributed by atoms with Crippen LogP contribution in [0.3, 0.4) is 0 Å². The quantitative estimate of drug-likeness (QED) is 0.867. The third kappa shape index (κ3) is 4.41. The van der Waals surface area contributed by atoms with E-state index in [-0.39, 0.29) is 6.10 Å². The second-order valence-electron chi connectivity index (χ2n) is 7.02. The minimum absolute atomic E-state index is 0.144. The molecule has 1 N–H and O–H groups in total. The summed E-state index contributed by atoms with van der Waals surface area (Å²) in [6.45, 7) is 5.64. The van der Waals surface area contributed by atoms with Crippen LogP contribution in [0.15, 0.2) is 28.8 Å². The third-order valence-electron chi connectivity index (χ3n) is 5.24. The lowest BCUT2D eigenvalue weighted by Gasteiger charge is -2.36. The summed E-state index contributed by atoms with van der Waals surface area (Å²) in [7, 11) is 1.70. The van der Waals surface area contributed by atoms with Gasteiger partial charge in [0.2, 0.25) is 0 Å². The Morgan fingerprint density at radius 2 is 1.96 bits per heavy atom. The number of hydrogen-bond donors (Lipinski definition) is 1. The van der Waals surface area contributed by atoms with Crippen LogP contribution in [0.1, 0.15) is 48.3 Å². The zero-order chi connectivity index (χ0) is 17.8. The third-order valence-corrected chi connectivity index (χ3v) is 5.24. The summed E-state index contributed by atoms with van der Waals surface area (Å²) in [4.78, 5) is 2.49. The summed E-state index contributed by atoms with van der Waals surface area (Å²) in [5.74, 6) is 1.78. The fourth-order valence-corrected chi connectivity index (χ4v) is 3.67. The minimum Gasteiger partial charge on any atom is -0.497 e. The second kappa shape index (κ2) is 8.02. The van der Waals surface area contributed by atoms with Crippen molar-refractivity contribution in [2.24, 2.45) is 0 Å². The Morgan fingerprint density at radius 3 is 2.60 bits per heavy atom. The van der Waals surface area contributed by atoms with Crippen molar-refractivity contribution in [1.29, 1.82) is 0 Å². The highest BCUT2D eigenvalue weighted by molar-refractivity contribution is 5.29. The molecule has 5 nitrogen and oxygen atoms in total. The van der Waals surface area contributed by atoms with Crippen molar-refractivity contribution in [3.8, 4) is 5.75 Å². The monoisotopic (exact) mass is 344 g/mol. The van der Waals surface area contributed by atoms with E-state index in [9.17, 15) is 5.11 Å². The van der Waals surface area contributed by atoms with E-state index in [0.29, 0.717) is 6.04 Å². The van der Waals surface area contributed by atoms with Gasteiger partial charge in [0.05, 0.1) is 18.9 Å². The van der Waals surface area contributed by atoms with E-state index in [1.165, 1.54) is 11.1 Å². The summed E-state index contributed by atoms with van der Waals surface area (Å²) >= 11 is 0. The Hall–Kier alpha value is -1.85. The van der Waals surface area contributed by atoms with Crippen LogP contribution in [0.2, 0.25) is 0 Å². The van der Waals surface area contributed by atoms with Gasteiger partial charge in [0.25, 0.3) is 0 Å². The first-order chi connectivity index (χ1) is 12.1. The number of nitrogens with zero attached hydrogens (tertiary/aromatic N) is 2. The molecule has 0 aliphatic heterocycles. The second-order valence-corrected chi connectivity index (χ2v) is 7.02. The predicted molar refractivity (Wildman–Crippen MR) is 96.5 cm³/mol. The molecule has 0 amide bonds. The maximum atomic E-state index is 9.85. The molecule has 5 heteroatoms. The van der Waals surface area contributed by atoms with Crippen molar-refractivity contribution >= 4 is 0 Å². The Bertz CT molecular complexity index is 670. The van der Waals surface area contributed by atoms with Gasteiger partial charge in [-0.3, -0.25) is 4.90 Å². The van der Waals surface area contributed by atoms with E-state index in [2.05, 4.69) is 22.2 Å². The molecule has 1 aliphatic rings. The van der Waals surface area contributed by atoms with E-state index in [0.717, 1.165) is 56.0 Å². The molecule has 25 heavy (non-hydrogen) atoms. The molecule has 1 saturated carbocycles. The number of aliphatic hydroxyl groups excluding tert-OH is 1. The lowest BCUT2D eigenvalue weighted by Crippen LogP contribution is -2.38. The molecular formula is C20H28N2O3. The number of methoxy groups -OCH3 is 1. The summed E-state index contributed by atoms with van der Waals surface area (Å²) in [6.07, 6.45) is 3.65. The molecule has 1 aliphatic carbocycles. The Morgan fingerprint density at radius 1 is 1.20 bits per heavy atom. The minimum atomic E-state index is -0.144. The lowest BCUT2D eigenvalue weighted by molar-refractivity contribution is 0.0662. The average molecular weight is 344 g/mol. The first-order valence-corrected chi connectivity index (χ1v) is 9.03. The molecule has 0 spiro atoms. The molecular weight excluding hydrogens is 316 g/mol. The number of aliphatic hydroxyl groups is 1. The van der Waals surface area contributed by atoms with Gasteiger partial charge in [-0.1, -0.05) is 17.3 Å². The Labute approximate surface area is 149 Å². The molecule has 0 bridgehead atoms. The van der Waals surface area contributed by atoms with E-state index < -0.39 is 0 Å². The van der Waals surface area contributed by atoms with Gasteiger partial charge in [-0.05, 0) is 57.2 Å². The summed E-state index contributed by atoms with van der Waals surface area (Å²) in [5.41, 5.74) is 3.37. The fraction of sp³-hybridized carbons (Fsp3) is 0.550. The normalized spacial score (nSPS) is 20.8. The highest BCUT2D eigenvalue weighted by atomic mass is 16.5. The summed E-state index contributed by atoms with van der Waals surface area (Å²) in [5, 5.41) is 14.0. The molecule has 1 aromatic carbocycles. The van der Waals surface area contributed by atoms with Gasteiger partial charge in [0.1, 0.15) is 11.5 Å². The number of ether oxygens (including phenoxy) is 1. The topological polar surface area (TPSA) is 58.7 Å². The van der Waals surface area contributed by atoms with Crippen LogP contribution in [0, 0.1) is 13.8 Å². The van der Waals surface area contributed by atoms with Crippen LogP contribution >= 0.6 is 0 Å². The number of aromatic nitrogens is 1. The molecule has 0 unspecified atom stereocenters. The molecule has 3 rings (SSSR count). The van der Waals surface area contributed by atoms with Gasteiger partial charge >= 0.3 is 0 Å². The maximum absolute atomic E-state index is 9.85. The van der Waals surface area contributed by atoms with E-state index in [4.69, 9.17) is 9.26 Å². The largest absolute Gasteiger partial charge is 0.497 e. The average Bonchev–Trinajstić information content (AvgIpc) is 2.94. The van der Waals surface area contributed by atoms with E-state index >= 15 is 0 Å². The van der Waals surface area contributed by atoms with Crippen LogP contribution in [0.5, 0.6) is 5.75 Å². The molecule has 1 fully saturated rings. The lowest BCUT2D eigenvalue weighted by atomic mass is 9.91. The van der Waals surface area contributed by atoms with Gasteiger partial charge in [-0.2, -0.15) is 0 Å². The van der Waals surface area contributed by atoms with Crippen LogP contribution < -0.4 is 4.74 Å². The van der Waals surface area contributed by atoms with Crippen molar-refractivity contribution in [2.45, 2.75) is 64.8 Å². The number of benzene rings is 1. The number of aryl methyl sites for hydroxylation is 2. The Kier molecular flexibility index (Phi) is 5.76. The van der Waals surface area contributed by atoms with Crippen molar-refractivity contribution in [1.82, 2.24) is 10.1 Å². The maximum Gasteiger partial charge on any atom is 0.138 e. The highest BCUT2D eigenvalue weighted by Gasteiger charge is 2.26. The molecule has 1 aromatic heterocycles. The summed E-state index contributed by atoms with van der Waals surface area (Å²) < 4.78 is 10.7. The predicted octanol–water partition coefficient (Wildman–Crippen LogP) is 3.61. The van der Waals surface area contributed by atoms with Crippen molar-refractivity contribution in [3.05, 3.63) is 46.8 Å². The fourth-order valence-electron chi connectivity index (χ4n) is 3.67. The van der Waals surface area contributed by atoms with Gasteiger partial charge < -0.3 is 14.4 Å². The molecule has 0 radical (unpaired) electrons. The first kappa shape index (κ1) is 18.0.